The van der Waals surface area contributed by atoms with E-state index in [1.165, 1.54) is 96.6 Å². The normalized spacial score (nSPS) is 17.4. The van der Waals surface area contributed by atoms with Crippen LogP contribution in [0.2, 0.25) is 0 Å². The van der Waals surface area contributed by atoms with Crippen molar-refractivity contribution in [2.75, 3.05) is 13.1 Å². The quantitative estimate of drug-likeness (QED) is 0.316. The molecule has 0 spiro atoms. The molecular weight excluding hydrogens is 280 g/mol. The molecule has 0 saturated heterocycles. The van der Waals surface area contributed by atoms with Gasteiger partial charge in [-0.1, -0.05) is 78.6 Å². The maximum absolute atomic E-state index is 2.62. The van der Waals surface area contributed by atoms with E-state index in [1.54, 1.807) is 0 Å². The molecule has 0 saturated carbocycles. The Balaban J connectivity index is 2.28. The van der Waals surface area contributed by atoms with Crippen molar-refractivity contribution in [3.05, 3.63) is 12.4 Å². The lowest BCUT2D eigenvalue weighted by molar-refractivity contribution is 0.136. The first-order chi connectivity index (χ1) is 11.3. The average Bonchev–Trinajstić information content (AvgIpc) is 2.95. The Morgan fingerprint density at radius 1 is 0.565 bits per heavy atom. The van der Waals surface area contributed by atoms with Gasteiger partial charge in [-0.15, -0.1) is 0 Å². The smallest absolute Gasteiger partial charge is 0.101 e. The van der Waals surface area contributed by atoms with Gasteiger partial charge in [0.1, 0.15) is 6.17 Å². The molecule has 1 aliphatic heterocycles. The van der Waals surface area contributed by atoms with Crippen LogP contribution in [-0.2, 0) is 0 Å². The van der Waals surface area contributed by atoms with Gasteiger partial charge in [-0.05, 0) is 25.7 Å². The Morgan fingerprint density at radius 3 is 1.52 bits per heavy atom. The van der Waals surface area contributed by atoms with E-state index in [0.29, 0.717) is 6.17 Å². The molecule has 0 aromatic rings. The van der Waals surface area contributed by atoms with Gasteiger partial charge < -0.3 is 9.80 Å². The second-order valence-corrected chi connectivity index (χ2v) is 7.23. The van der Waals surface area contributed by atoms with Crippen LogP contribution in [0.4, 0.5) is 0 Å². The van der Waals surface area contributed by atoms with Gasteiger partial charge in [0.2, 0.25) is 0 Å². The molecule has 1 atom stereocenters. The zero-order chi connectivity index (χ0) is 16.8. The fourth-order valence-electron chi connectivity index (χ4n) is 3.52. The van der Waals surface area contributed by atoms with E-state index in [-0.39, 0.29) is 0 Å². The first-order valence-electron chi connectivity index (χ1n) is 10.5. The first-order valence-corrected chi connectivity index (χ1v) is 10.5. The molecule has 0 fully saturated rings. The van der Waals surface area contributed by atoms with Crippen molar-refractivity contribution in [1.29, 1.82) is 0 Å². The molecule has 1 rings (SSSR count). The lowest BCUT2D eigenvalue weighted by Crippen LogP contribution is -2.39. The predicted molar refractivity (Wildman–Crippen MR) is 103 cm³/mol. The van der Waals surface area contributed by atoms with Gasteiger partial charge >= 0.3 is 0 Å². The summed E-state index contributed by atoms with van der Waals surface area (Å²) in [6.45, 7) is 9.40. The Kier molecular flexibility index (Phi) is 12.2. The summed E-state index contributed by atoms with van der Waals surface area (Å²) in [6, 6.07) is 0. The highest BCUT2D eigenvalue weighted by Gasteiger charge is 2.24. The highest BCUT2D eigenvalue weighted by molar-refractivity contribution is 4.96. The lowest BCUT2D eigenvalue weighted by Gasteiger charge is -2.33. The third kappa shape index (κ3) is 8.67. The molecule has 0 aliphatic carbocycles. The molecule has 136 valence electrons. The molecule has 0 radical (unpaired) electrons. The number of rotatable bonds is 15. The maximum atomic E-state index is 2.62. The Labute approximate surface area is 146 Å². The maximum Gasteiger partial charge on any atom is 0.101 e. The fraction of sp³-hybridized carbons (Fsp3) is 0.905. The SMILES string of the molecule is CCCCCCCCN1C=CN(CCCCCC)C1CCCC. The number of nitrogens with zero attached hydrogens (tertiary/aromatic N) is 2. The van der Waals surface area contributed by atoms with Crippen molar-refractivity contribution in [3.8, 4) is 0 Å². The zero-order valence-electron chi connectivity index (χ0n) is 16.2. The summed E-state index contributed by atoms with van der Waals surface area (Å²) >= 11 is 0. The highest BCUT2D eigenvalue weighted by atomic mass is 15.4. The van der Waals surface area contributed by atoms with E-state index >= 15 is 0 Å². The summed E-state index contributed by atoms with van der Waals surface area (Å²) in [4.78, 5) is 5.23. The monoisotopic (exact) mass is 322 g/mol. The van der Waals surface area contributed by atoms with E-state index < -0.39 is 0 Å². The standard InChI is InChI=1S/C21H42N2/c1-4-7-10-12-13-15-18-23-20-19-22(17-14-11-8-5-2)21(23)16-9-6-3/h19-21H,4-18H2,1-3H3. The number of unbranched alkanes of at least 4 members (excludes halogenated alkanes) is 9. The molecule has 1 aliphatic rings. The van der Waals surface area contributed by atoms with E-state index in [2.05, 4.69) is 43.0 Å². The highest BCUT2D eigenvalue weighted by Crippen LogP contribution is 2.22. The van der Waals surface area contributed by atoms with E-state index in [0.717, 1.165) is 0 Å². The van der Waals surface area contributed by atoms with Gasteiger partial charge in [0.05, 0.1) is 0 Å². The van der Waals surface area contributed by atoms with Crippen LogP contribution in [0.15, 0.2) is 12.4 Å². The van der Waals surface area contributed by atoms with Gasteiger partial charge in [0, 0.05) is 25.5 Å². The zero-order valence-corrected chi connectivity index (χ0v) is 16.2. The third-order valence-electron chi connectivity index (χ3n) is 5.07. The van der Waals surface area contributed by atoms with Crippen molar-refractivity contribution >= 4 is 0 Å². The predicted octanol–water partition coefficient (Wildman–Crippen LogP) is 6.53. The van der Waals surface area contributed by atoms with Crippen LogP contribution in [0, 0.1) is 0 Å². The Hall–Kier alpha value is -0.660. The van der Waals surface area contributed by atoms with E-state index in [1.807, 2.05) is 0 Å². The molecule has 23 heavy (non-hydrogen) atoms. The van der Waals surface area contributed by atoms with Gasteiger partial charge in [-0.2, -0.15) is 0 Å². The average molecular weight is 323 g/mol. The summed E-state index contributed by atoms with van der Waals surface area (Å²) in [5.41, 5.74) is 0. The van der Waals surface area contributed by atoms with Crippen molar-refractivity contribution < 1.29 is 0 Å². The fourth-order valence-corrected chi connectivity index (χ4v) is 3.52. The molecule has 2 nitrogen and oxygen atoms in total. The van der Waals surface area contributed by atoms with E-state index in [4.69, 9.17) is 0 Å². The van der Waals surface area contributed by atoms with Gasteiger partial charge in [0.25, 0.3) is 0 Å². The summed E-state index contributed by atoms with van der Waals surface area (Å²) in [5.74, 6) is 0. The molecular formula is C21H42N2. The van der Waals surface area contributed by atoms with Crippen molar-refractivity contribution in [2.24, 2.45) is 0 Å². The molecule has 0 N–H and O–H groups in total. The molecule has 0 aromatic heterocycles. The van der Waals surface area contributed by atoms with Crippen LogP contribution < -0.4 is 0 Å². The van der Waals surface area contributed by atoms with Crippen LogP contribution in [0.5, 0.6) is 0 Å². The largest absolute Gasteiger partial charge is 0.356 e. The van der Waals surface area contributed by atoms with Crippen molar-refractivity contribution in [2.45, 2.75) is 110 Å². The Morgan fingerprint density at radius 2 is 1.00 bits per heavy atom. The van der Waals surface area contributed by atoms with Crippen LogP contribution in [-0.4, -0.2) is 29.1 Å². The summed E-state index contributed by atoms with van der Waals surface area (Å²) in [7, 11) is 0. The molecule has 1 unspecified atom stereocenters. The minimum Gasteiger partial charge on any atom is -0.356 e. The lowest BCUT2D eigenvalue weighted by atomic mass is 10.1. The summed E-state index contributed by atoms with van der Waals surface area (Å²) in [6.07, 6.45) is 23.2. The minimum atomic E-state index is 0.646. The van der Waals surface area contributed by atoms with Crippen LogP contribution in [0.25, 0.3) is 0 Å². The second kappa shape index (κ2) is 13.7. The van der Waals surface area contributed by atoms with Gasteiger partial charge in [-0.25, -0.2) is 0 Å². The molecule has 0 aromatic carbocycles. The van der Waals surface area contributed by atoms with Crippen LogP contribution in [0.1, 0.15) is 104 Å². The van der Waals surface area contributed by atoms with Gasteiger partial charge in [-0.3, -0.25) is 0 Å². The third-order valence-corrected chi connectivity index (χ3v) is 5.07. The van der Waals surface area contributed by atoms with Crippen molar-refractivity contribution in [1.82, 2.24) is 9.80 Å². The van der Waals surface area contributed by atoms with Gasteiger partial charge in [0.15, 0.2) is 0 Å². The summed E-state index contributed by atoms with van der Waals surface area (Å²) in [5, 5.41) is 0. The number of hydrogen-bond donors (Lipinski definition) is 0. The molecule has 2 heteroatoms. The van der Waals surface area contributed by atoms with Crippen LogP contribution >= 0.6 is 0 Å². The molecule has 0 bridgehead atoms. The van der Waals surface area contributed by atoms with Crippen LogP contribution in [0.3, 0.4) is 0 Å². The molecule has 1 heterocycles. The van der Waals surface area contributed by atoms with E-state index in [9.17, 15) is 0 Å². The number of hydrogen-bond acceptors (Lipinski definition) is 2. The minimum absolute atomic E-state index is 0.646. The summed E-state index contributed by atoms with van der Waals surface area (Å²) < 4.78 is 0. The topological polar surface area (TPSA) is 6.48 Å². The Bertz CT molecular complexity index is 288. The second-order valence-electron chi connectivity index (χ2n) is 7.23. The van der Waals surface area contributed by atoms with Crippen molar-refractivity contribution in [3.63, 3.8) is 0 Å². The molecule has 0 amide bonds. The first kappa shape index (κ1) is 20.4.